The van der Waals surface area contributed by atoms with Gasteiger partial charge in [-0.05, 0) is 31.2 Å². The van der Waals surface area contributed by atoms with Crippen LogP contribution in [0.4, 0.5) is 10.1 Å². The minimum atomic E-state index is -0.397. The molecule has 4 nitrogen and oxygen atoms in total. The van der Waals surface area contributed by atoms with Gasteiger partial charge in [-0.3, -0.25) is 4.79 Å². The van der Waals surface area contributed by atoms with Gasteiger partial charge in [0, 0.05) is 18.4 Å². The first kappa shape index (κ1) is 17.1. The molecule has 0 saturated carbocycles. The standard InChI is InChI=1S/C18H21FN2O2/c1-13(12-23-2)20-17(14-6-4-3-5-7-14)18(22)21-16-10-8-15(19)9-11-16/h3-11,13,17,20H,12H2,1-2H3,(H,21,22)/p+1/t13-,17+/m0/s1. The number of methoxy groups -OCH3 is 1. The molecule has 122 valence electrons. The van der Waals surface area contributed by atoms with Crippen molar-refractivity contribution in [1.82, 2.24) is 0 Å². The topological polar surface area (TPSA) is 54.9 Å². The highest BCUT2D eigenvalue weighted by Gasteiger charge is 2.26. The number of nitrogens with two attached hydrogens (primary N) is 1. The van der Waals surface area contributed by atoms with E-state index in [1.54, 1.807) is 19.2 Å². The van der Waals surface area contributed by atoms with E-state index >= 15 is 0 Å². The maximum atomic E-state index is 13.0. The predicted molar refractivity (Wildman–Crippen MR) is 87.5 cm³/mol. The Labute approximate surface area is 135 Å². The number of carbonyl (C=O) groups excluding carboxylic acids is 1. The Kier molecular flexibility index (Phi) is 6.26. The van der Waals surface area contributed by atoms with Crippen LogP contribution in [0.25, 0.3) is 0 Å². The third-order valence-electron chi connectivity index (χ3n) is 3.50. The molecule has 2 atom stereocenters. The van der Waals surface area contributed by atoms with Crippen LogP contribution < -0.4 is 10.6 Å². The Hall–Kier alpha value is -2.24. The number of hydrogen-bond acceptors (Lipinski definition) is 2. The molecule has 3 N–H and O–H groups in total. The van der Waals surface area contributed by atoms with E-state index in [0.29, 0.717) is 12.3 Å². The van der Waals surface area contributed by atoms with E-state index in [9.17, 15) is 9.18 Å². The summed E-state index contributed by atoms with van der Waals surface area (Å²) in [6, 6.07) is 15.0. The van der Waals surface area contributed by atoms with Crippen molar-refractivity contribution in [1.29, 1.82) is 0 Å². The molecule has 0 fully saturated rings. The van der Waals surface area contributed by atoms with Crippen LogP contribution in [-0.2, 0) is 9.53 Å². The third kappa shape index (κ3) is 5.16. The molecule has 0 heterocycles. The van der Waals surface area contributed by atoms with Crippen LogP contribution in [0.5, 0.6) is 0 Å². The van der Waals surface area contributed by atoms with Crippen molar-refractivity contribution in [2.45, 2.75) is 19.0 Å². The summed E-state index contributed by atoms with van der Waals surface area (Å²) in [5.74, 6) is -0.478. The zero-order chi connectivity index (χ0) is 16.7. The molecule has 1 amide bonds. The maximum Gasteiger partial charge on any atom is 0.287 e. The molecule has 2 aromatic rings. The number of benzene rings is 2. The van der Waals surface area contributed by atoms with Gasteiger partial charge in [-0.2, -0.15) is 0 Å². The molecular weight excluding hydrogens is 295 g/mol. The number of ether oxygens (including phenoxy) is 1. The molecule has 0 radical (unpaired) electrons. The molecule has 0 aliphatic heterocycles. The zero-order valence-electron chi connectivity index (χ0n) is 13.3. The number of hydrogen-bond donors (Lipinski definition) is 2. The van der Waals surface area contributed by atoms with Crippen LogP contribution in [0.1, 0.15) is 18.5 Å². The SMILES string of the molecule is COC[C@H](C)[NH2+][C@@H](C(=O)Nc1ccc(F)cc1)c1ccccc1. The first-order chi connectivity index (χ1) is 11.1. The third-order valence-corrected chi connectivity index (χ3v) is 3.50. The van der Waals surface area contributed by atoms with Gasteiger partial charge in [-0.15, -0.1) is 0 Å². The highest BCUT2D eigenvalue weighted by Crippen LogP contribution is 2.14. The molecule has 0 saturated heterocycles. The van der Waals surface area contributed by atoms with Crippen molar-refractivity contribution >= 4 is 11.6 Å². The second kappa shape index (κ2) is 8.41. The van der Waals surface area contributed by atoms with Crippen LogP contribution >= 0.6 is 0 Å². The molecule has 23 heavy (non-hydrogen) atoms. The lowest BCUT2D eigenvalue weighted by Crippen LogP contribution is -2.92. The first-order valence-corrected chi connectivity index (χ1v) is 7.55. The highest BCUT2D eigenvalue weighted by molar-refractivity contribution is 5.94. The van der Waals surface area contributed by atoms with Gasteiger partial charge < -0.3 is 15.4 Å². The Morgan fingerprint density at radius 3 is 2.43 bits per heavy atom. The smallest absolute Gasteiger partial charge is 0.287 e. The van der Waals surface area contributed by atoms with E-state index in [2.05, 4.69) is 5.32 Å². The van der Waals surface area contributed by atoms with Crippen LogP contribution in [0, 0.1) is 5.82 Å². The van der Waals surface area contributed by atoms with Gasteiger partial charge in [0.1, 0.15) is 11.9 Å². The highest BCUT2D eigenvalue weighted by atomic mass is 19.1. The summed E-state index contributed by atoms with van der Waals surface area (Å²) < 4.78 is 18.1. The van der Waals surface area contributed by atoms with Crippen LogP contribution in [0.15, 0.2) is 54.6 Å². The summed E-state index contributed by atoms with van der Waals surface area (Å²) >= 11 is 0. The predicted octanol–water partition coefficient (Wildman–Crippen LogP) is 2.10. The van der Waals surface area contributed by atoms with Gasteiger partial charge in [0.2, 0.25) is 0 Å². The van der Waals surface area contributed by atoms with Crippen molar-refractivity contribution in [3.63, 3.8) is 0 Å². The molecule has 0 bridgehead atoms. The van der Waals surface area contributed by atoms with E-state index in [1.807, 2.05) is 42.6 Å². The minimum Gasteiger partial charge on any atom is -0.379 e. The Balaban J connectivity index is 2.15. The molecule has 0 aromatic heterocycles. The van der Waals surface area contributed by atoms with Crippen LogP contribution in [0.2, 0.25) is 0 Å². The van der Waals surface area contributed by atoms with Crippen molar-refractivity contribution in [3.8, 4) is 0 Å². The second-order valence-corrected chi connectivity index (χ2v) is 5.51. The lowest BCUT2D eigenvalue weighted by Gasteiger charge is -2.19. The van der Waals surface area contributed by atoms with E-state index in [4.69, 9.17) is 4.74 Å². The lowest BCUT2D eigenvalue weighted by molar-refractivity contribution is -0.713. The quantitative estimate of drug-likeness (QED) is 0.822. The summed E-state index contributed by atoms with van der Waals surface area (Å²) in [6.07, 6.45) is 0. The van der Waals surface area contributed by atoms with E-state index in [-0.39, 0.29) is 17.8 Å². The molecule has 2 aromatic carbocycles. The van der Waals surface area contributed by atoms with Crippen LogP contribution in [-0.4, -0.2) is 25.7 Å². The van der Waals surface area contributed by atoms with Gasteiger partial charge in [0.05, 0.1) is 6.61 Å². The molecule has 0 spiro atoms. The molecule has 0 aliphatic rings. The molecule has 0 aliphatic carbocycles. The van der Waals surface area contributed by atoms with Gasteiger partial charge in [-0.1, -0.05) is 30.3 Å². The summed E-state index contributed by atoms with van der Waals surface area (Å²) in [5, 5.41) is 4.81. The molecule has 2 rings (SSSR count). The van der Waals surface area contributed by atoms with E-state index in [1.165, 1.54) is 12.1 Å². The number of rotatable bonds is 7. The maximum absolute atomic E-state index is 13.0. The summed E-state index contributed by atoms with van der Waals surface area (Å²) in [7, 11) is 1.64. The Morgan fingerprint density at radius 2 is 1.83 bits per heavy atom. The molecule has 5 heteroatoms. The normalized spacial score (nSPS) is 13.3. The minimum absolute atomic E-state index is 0.129. The van der Waals surface area contributed by atoms with Gasteiger partial charge in [0.25, 0.3) is 5.91 Å². The number of anilines is 1. The molecule has 0 unspecified atom stereocenters. The largest absolute Gasteiger partial charge is 0.379 e. The fraction of sp³-hybridized carbons (Fsp3) is 0.278. The zero-order valence-corrected chi connectivity index (χ0v) is 13.3. The number of nitrogens with one attached hydrogen (secondary N) is 1. The van der Waals surface area contributed by atoms with Gasteiger partial charge >= 0.3 is 0 Å². The second-order valence-electron chi connectivity index (χ2n) is 5.51. The molecular formula is C18H22FN2O2+. The number of amides is 1. The van der Waals surface area contributed by atoms with Crippen molar-refractivity contribution in [3.05, 3.63) is 66.0 Å². The van der Waals surface area contributed by atoms with Gasteiger partial charge in [-0.25, -0.2) is 4.39 Å². The Bertz CT molecular complexity index is 617. The lowest BCUT2D eigenvalue weighted by atomic mass is 10.0. The average Bonchev–Trinajstić information content (AvgIpc) is 2.56. The summed E-state index contributed by atoms with van der Waals surface area (Å²) in [4.78, 5) is 12.7. The monoisotopic (exact) mass is 317 g/mol. The fourth-order valence-corrected chi connectivity index (χ4v) is 2.41. The number of halogens is 1. The van der Waals surface area contributed by atoms with Crippen molar-refractivity contribution in [2.75, 3.05) is 19.0 Å². The number of quaternary nitrogens is 1. The summed E-state index contributed by atoms with van der Waals surface area (Å²) in [5.41, 5.74) is 1.49. The van der Waals surface area contributed by atoms with Crippen LogP contribution in [0.3, 0.4) is 0 Å². The summed E-state index contributed by atoms with van der Waals surface area (Å²) in [6.45, 7) is 2.55. The van der Waals surface area contributed by atoms with Crippen molar-refractivity contribution < 1.29 is 19.2 Å². The first-order valence-electron chi connectivity index (χ1n) is 7.55. The Morgan fingerprint density at radius 1 is 1.17 bits per heavy atom. The van der Waals surface area contributed by atoms with Gasteiger partial charge in [0.15, 0.2) is 6.04 Å². The van der Waals surface area contributed by atoms with E-state index < -0.39 is 6.04 Å². The number of carbonyl (C=O) groups is 1. The average molecular weight is 317 g/mol. The van der Waals surface area contributed by atoms with E-state index in [0.717, 1.165) is 5.56 Å². The van der Waals surface area contributed by atoms with Crippen molar-refractivity contribution in [2.24, 2.45) is 0 Å². The fourth-order valence-electron chi connectivity index (χ4n) is 2.41.